The van der Waals surface area contributed by atoms with E-state index >= 15 is 0 Å². The summed E-state index contributed by atoms with van der Waals surface area (Å²) in [5.41, 5.74) is -0.0995. The molecule has 0 aliphatic heterocycles. The van der Waals surface area contributed by atoms with E-state index in [-0.39, 0.29) is 6.61 Å². The van der Waals surface area contributed by atoms with Gasteiger partial charge in [0.25, 0.3) is 0 Å². The summed E-state index contributed by atoms with van der Waals surface area (Å²) in [5, 5.41) is 18.9. The average molecular weight is 277 g/mol. The molecule has 1 rings (SSSR count). The van der Waals surface area contributed by atoms with Crippen LogP contribution >= 0.6 is 11.6 Å². The zero-order valence-corrected chi connectivity index (χ0v) is 10.6. The largest absolute Gasteiger partial charge is 0.395 e. The maximum Gasteiger partial charge on any atom is 0.305 e. The lowest BCUT2D eigenvalue weighted by atomic mass is 10.1. The smallest absolute Gasteiger partial charge is 0.305 e. The molecule has 0 aliphatic rings. The summed E-state index contributed by atoms with van der Waals surface area (Å²) < 4.78 is 13.1. The molecule has 7 heteroatoms. The number of hydrogen-bond donors (Lipinski definition) is 1. The van der Waals surface area contributed by atoms with Crippen molar-refractivity contribution >= 4 is 17.3 Å². The zero-order chi connectivity index (χ0) is 13.7. The fourth-order valence-corrected chi connectivity index (χ4v) is 1.88. The molecule has 0 bridgehead atoms. The van der Waals surface area contributed by atoms with Crippen LogP contribution in [0.4, 0.5) is 10.1 Å². The number of rotatable bonds is 6. The average Bonchev–Trinajstić information content (AvgIpc) is 2.29. The maximum atomic E-state index is 13.1. The molecule has 0 amide bonds. The Morgan fingerprint density at radius 3 is 2.83 bits per heavy atom. The number of likely N-dealkylation sites (N-methyl/N-ethyl adjacent to an activating group) is 1. The summed E-state index contributed by atoms with van der Waals surface area (Å²) in [5.74, 6) is -0.878. The van der Waals surface area contributed by atoms with Crippen LogP contribution in [0, 0.1) is 15.9 Å². The Labute approximate surface area is 109 Å². The summed E-state index contributed by atoms with van der Waals surface area (Å²) in [6.45, 7) is 0.862. The number of nitrogens with zero attached hydrogens (tertiary/aromatic N) is 2. The van der Waals surface area contributed by atoms with Crippen molar-refractivity contribution in [3.05, 3.63) is 39.7 Å². The highest BCUT2D eigenvalue weighted by atomic mass is 35.5. The Balaban J connectivity index is 2.83. The van der Waals surface area contributed by atoms with Crippen molar-refractivity contribution in [2.24, 2.45) is 0 Å². The van der Waals surface area contributed by atoms with E-state index in [1.807, 2.05) is 0 Å². The predicted molar refractivity (Wildman–Crippen MR) is 66.2 cm³/mol. The number of hydrogen-bond acceptors (Lipinski definition) is 4. The Kier molecular flexibility index (Phi) is 5.46. The molecule has 1 aromatic carbocycles. The fraction of sp³-hybridized carbons (Fsp3) is 0.455. The van der Waals surface area contributed by atoms with Crippen LogP contribution in [0.25, 0.3) is 0 Å². The van der Waals surface area contributed by atoms with E-state index in [0.29, 0.717) is 18.7 Å². The van der Waals surface area contributed by atoms with Gasteiger partial charge in [-0.05, 0) is 18.7 Å². The molecule has 0 saturated carbocycles. The third-order valence-electron chi connectivity index (χ3n) is 2.48. The lowest BCUT2D eigenvalue weighted by Gasteiger charge is -2.19. The SMILES string of the molecule is CN(CCO)CC(Cl)c1ccc(F)c([N+](=O)[O-])c1. The summed E-state index contributed by atoms with van der Waals surface area (Å²) in [4.78, 5) is 11.6. The first kappa shape index (κ1) is 14.8. The Hall–Kier alpha value is -1.24. The van der Waals surface area contributed by atoms with Crippen molar-refractivity contribution in [1.82, 2.24) is 4.90 Å². The van der Waals surface area contributed by atoms with E-state index in [1.165, 1.54) is 6.07 Å². The first-order valence-corrected chi connectivity index (χ1v) is 5.76. The van der Waals surface area contributed by atoms with Gasteiger partial charge in [0.1, 0.15) is 0 Å². The highest BCUT2D eigenvalue weighted by Crippen LogP contribution is 2.26. The van der Waals surface area contributed by atoms with Crippen molar-refractivity contribution in [3.8, 4) is 0 Å². The van der Waals surface area contributed by atoms with E-state index in [2.05, 4.69) is 0 Å². The lowest BCUT2D eigenvalue weighted by Crippen LogP contribution is -2.25. The highest BCUT2D eigenvalue weighted by Gasteiger charge is 2.18. The van der Waals surface area contributed by atoms with Crippen LogP contribution in [0.3, 0.4) is 0 Å². The molecule has 1 N–H and O–H groups in total. The van der Waals surface area contributed by atoms with Gasteiger partial charge < -0.3 is 10.0 Å². The molecule has 0 saturated heterocycles. The van der Waals surface area contributed by atoms with Gasteiger partial charge in [-0.15, -0.1) is 11.6 Å². The van der Waals surface area contributed by atoms with E-state index in [4.69, 9.17) is 16.7 Å². The Bertz CT molecular complexity index is 431. The molecule has 1 unspecified atom stereocenters. The minimum absolute atomic E-state index is 0.00365. The van der Waals surface area contributed by atoms with Crippen LogP contribution < -0.4 is 0 Å². The Morgan fingerprint density at radius 1 is 1.61 bits per heavy atom. The van der Waals surface area contributed by atoms with Crippen LogP contribution in [0.1, 0.15) is 10.9 Å². The number of nitro benzene ring substituents is 1. The second-order valence-electron chi connectivity index (χ2n) is 3.92. The first-order chi connectivity index (χ1) is 8.45. The normalized spacial score (nSPS) is 12.7. The van der Waals surface area contributed by atoms with Gasteiger partial charge in [-0.1, -0.05) is 6.07 Å². The number of benzene rings is 1. The molecular weight excluding hydrogens is 263 g/mol. The second kappa shape index (κ2) is 6.63. The number of nitro groups is 1. The van der Waals surface area contributed by atoms with Crippen molar-refractivity contribution in [3.63, 3.8) is 0 Å². The predicted octanol–water partition coefficient (Wildman–Crippen LogP) is 1.94. The van der Waals surface area contributed by atoms with Gasteiger partial charge in [-0.3, -0.25) is 10.1 Å². The van der Waals surface area contributed by atoms with Gasteiger partial charge in [-0.25, -0.2) is 0 Å². The van der Waals surface area contributed by atoms with Crippen LogP contribution in [0.5, 0.6) is 0 Å². The molecule has 0 heterocycles. The van der Waals surface area contributed by atoms with Gasteiger partial charge >= 0.3 is 5.69 Å². The van der Waals surface area contributed by atoms with Gasteiger partial charge in [-0.2, -0.15) is 4.39 Å². The summed E-state index contributed by atoms with van der Waals surface area (Å²) >= 11 is 6.10. The molecule has 0 radical (unpaired) electrons. The van der Waals surface area contributed by atoms with Crippen LogP contribution in [-0.4, -0.2) is 41.7 Å². The van der Waals surface area contributed by atoms with Crippen molar-refractivity contribution in [2.75, 3.05) is 26.7 Å². The van der Waals surface area contributed by atoms with Gasteiger partial charge in [0.05, 0.1) is 16.9 Å². The van der Waals surface area contributed by atoms with Gasteiger partial charge in [0.2, 0.25) is 5.82 Å². The molecule has 1 aromatic rings. The quantitative estimate of drug-likeness (QED) is 0.490. The molecule has 1 atom stereocenters. The molecule has 0 fully saturated rings. The van der Waals surface area contributed by atoms with Gasteiger partial charge in [0.15, 0.2) is 0 Å². The first-order valence-electron chi connectivity index (χ1n) is 5.33. The number of alkyl halides is 1. The molecule has 0 aromatic heterocycles. The van der Waals surface area contributed by atoms with E-state index in [9.17, 15) is 14.5 Å². The molecule has 0 spiro atoms. The maximum absolute atomic E-state index is 13.1. The van der Waals surface area contributed by atoms with E-state index < -0.39 is 21.8 Å². The number of aliphatic hydroxyl groups is 1. The van der Waals surface area contributed by atoms with E-state index in [1.54, 1.807) is 11.9 Å². The molecule has 18 heavy (non-hydrogen) atoms. The van der Waals surface area contributed by atoms with E-state index in [0.717, 1.165) is 12.1 Å². The highest BCUT2D eigenvalue weighted by molar-refractivity contribution is 6.21. The van der Waals surface area contributed by atoms with Crippen LogP contribution in [0.15, 0.2) is 18.2 Å². The third kappa shape index (κ3) is 3.90. The minimum atomic E-state index is -0.878. The van der Waals surface area contributed by atoms with Crippen molar-refractivity contribution in [1.29, 1.82) is 0 Å². The topological polar surface area (TPSA) is 66.6 Å². The standard InChI is InChI=1S/C11H14ClFN2O3/c1-14(4-5-16)7-9(12)8-2-3-10(13)11(6-8)15(17)18/h2-3,6,9,16H,4-5,7H2,1H3. The monoisotopic (exact) mass is 276 g/mol. The van der Waals surface area contributed by atoms with Crippen molar-refractivity contribution in [2.45, 2.75) is 5.38 Å². The minimum Gasteiger partial charge on any atom is -0.395 e. The molecule has 100 valence electrons. The summed E-state index contributed by atoms with van der Waals surface area (Å²) in [6, 6.07) is 3.60. The lowest BCUT2D eigenvalue weighted by molar-refractivity contribution is -0.387. The summed E-state index contributed by atoms with van der Waals surface area (Å²) in [6.07, 6.45) is 0. The second-order valence-corrected chi connectivity index (χ2v) is 4.45. The molecule has 0 aliphatic carbocycles. The summed E-state index contributed by atoms with van der Waals surface area (Å²) in [7, 11) is 1.77. The van der Waals surface area contributed by atoms with Crippen LogP contribution in [-0.2, 0) is 0 Å². The fourth-order valence-electron chi connectivity index (χ4n) is 1.51. The van der Waals surface area contributed by atoms with Crippen LogP contribution in [0.2, 0.25) is 0 Å². The number of aliphatic hydroxyl groups excluding tert-OH is 1. The van der Waals surface area contributed by atoms with Gasteiger partial charge in [0, 0.05) is 19.2 Å². The van der Waals surface area contributed by atoms with Crippen molar-refractivity contribution < 1.29 is 14.4 Å². The molecular formula is C11H14ClFN2O3. The third-order valence-corrected chi connectivity index (χ3v) is 2.87. The Morgan fingerprint density at radius 2 is 2.28 bits per heavy atom. The molecule has 5 nitrogen and oxygen atoms in total. The number of halogens is 2. The zero-order valence-electron chi connectivity index (χ0n) is 9.84.